The normalized spacial score (nSPS) is 24.0. The van der Waals surface area contributed by atoms with Crippen molar-refractivity contribution >= 4 is 23.5 Å². The molecule has 1 aliphatic heterocycles. The van der Waals surface area contributed by atoms with Gasteiger partial charge in [-0.15, -0.1) is 0 Å². The number of nitrogens with zero attached hydrogens (tertiary/aromatic N) is 1. The number of hydrogen-bond donors (Lipinski definition) is 1. The Kier molecular flexibility index (Phi) is 3.34. The summed E-state index contributed by atoms with van der Waals surface area (Å²) in [5, 5.41) is 9.24. The van der Waals surface area contributed by atoms with Gasteiger partial charge in [-0.3, -0.25) is 9.59 Å². The SMILES string of the molecule is CC1(C(=O)O)CCCN(C(=O)c2ccoc2Cl)C1. The van der Waals surface area contributed by atoms with Crippen LogP contribution in [0.5, 0.6) is 0 Å². The first-order valence-electron chi connectivity index (χ1n) is 5.70. The second kappa shape index (κ2) is 4.65. The number of amides is 1. The fourth-order valence-corrected chi connectivity index (χ4v) is 2.40. The van der Waals surface area contributed by atoms with Crippen molar-refractivity contribution in [2.24, 2.45) is 5.41 Å². The molecular weight excluding hydrogens is 258 g/mol. The molecule has 0 radical (unpaired) electrons. The fraction of sp³-hybridized carbons (Fsp3) is 0.500. The van der Waals surface area contributed by atoms with Crippen molar-refractivity contribution in [1.82, 2.24) is 4.90 Å². The summed E-state index contributed by atoms with van der Waals surface area (Å²) in [4.78, 5) is 24.9. The van der Waals surface area contributed by atoms with Gasteiger partial charge in [0.15, 0.2) is 0 Å². The number of carboxylic acids is 1. The molecule has 1 saturated heterocycles. The summed E-state index contributed by atoms with van der Waals surface area (Å²) >= 11 is 5.76. The van der Waals surface area contributed by atoms with Gasteiger partial charge in [0.05, 0.1) is 17.2 Å². The maximum Gasteiger partial charge on any atom is 0.311 e. The maximum absolute atomic E-state index is 12.2. The lowest BCUT2D eigenvalue weighted by Crippen LogP contribution is -2.48. The Labute approximate surface area is 109 Å². The van der Waals surface area contributed by atoms with Gasteiger partial charge in [0, 0.05) is 13.1 Å². The van der Waals surface area contributed by atoms with Crippen LogP contribution in [-0.4, -0.2) is 35.0 Å². The lowest BCUT2D eigenvalue weighted by molar-refractivity contribution is -0.150. The Morgan fingerprint density at radius 2 is 2.28 bits per heavy atom. The molecule has 1 aromatic rings. The first-order valence-corrected chi connectivity index (χ1v) is 6.07. The molecule has 98 valence electrons. The Morgan fingerprint density at radius 3 is 2.83 bits per heavy atom. The highest BCUT2D eigenvalue weighted by Crippen LogP contribution is 2.31. The molecule has 1 aromatic heterocycles. The van der Waals surface area contributed by atoms with Crippen molar-refractivity contribution in [1.29, 1.82) is 0 Å². The molecule has 2 heterocycles. The predicted molar refractivity (Wildman–Crippen MR) is 64.6 cm³/mol. The molecule has 0 spiro atoms. The third kappa shape index (κ3) is 2.22. The lowest BCUT2D eigenvalue weighted by Gasteiger charge is -2.37. The molecule has 2 rings (SSSR count). The van der Waals surface area contributed by atoms with E-state index >= 15 is 0 Å². The monoisotopic (exact) mass is 271 g/mol. The van der Waals surface area contributed by atoms with Crippen LogP contribution >= 0.6 is 11.6 Å². The molecular formula is C12H14ClNO4. The van der Waals surface area contributed by atoms with Crippen LogP contribution in [0.4, 0.5) is 0 Å². The number of likely N-dealkylation sites (tertiary alicyclic amines) is 1. The molecule has 1 atom stereocenters. The number of aliphatic carboxylic acids is 1. The number of piperidine rings is 1. The number of rotatable bonds is 2. The average molecular weight is 272 g/mol. The topological polar surface area (TPSA) is 70.8 Å². The lowest BCUT2D eigenvalue weighted by atomic mass is 9.82. The highest BCUT2D eigenvalue weighted by Gasteiger charge is 2.39. The van der Waals surface area contributed by atoms with E-state index in [1.807, 2.05) is 0 Å². The van der Waals surface area contributed by atoms with Crippen LogP contribution in [0.15, 0.2) is 16.7 Å². The van der Waals surface area contributed by atoms with Gasteiger partial charge in [-0.2, -0.15) is 0 Å². The van der Waals surface area contributed by atoms with Crippen molar-refractivity contribution in [3.8, 4) is 0 Å². The summed E-state index contributed by atoms with van der Waals surface area (Å²) < 4.78 is 4.88. The van der Waals surface area contributed by atoms with Crippen molar-refractivity contribution < 1.29 is 19.1 Å². The largest absolute Gasteiger partial charge is 0.481 e. The van der Waals surface area contributed by atoms with Crippen LogP contribution in [0.3, 0.4) is 0 Å². The third-order valence-electron chi connectivity index (χ3n) is 3.35. The fourth-order valence-electron chi connectivity index (χ4n) is 2.20. The van der Waals surface area contributed by atoms with Crippen molar-refractivity contribution in [3.63, 3.8) is 0 Å². The molecule has 0 aliphatic carbocycles. The van der Waals surface area contributed by atoms with Gasteiger partial charge in [-0.1, -0.05) is 0 Å². The Morgan fingerprint density at radius 1 is 1.56 bits per heavy atom. The quantitative estimate of drug-likeness (QED) is 0.896. The van der Waals surface area contributed by atoms with Gasteiger partial charge in [-0.25, -0.2) is 0 Å². The minimum Gasteiger partial charge on any atom is -0.481 e. The maximum atomic E-state index is 12.2. The van der Waals surface area contributed by atoms with Gasteiger partial charge >= 0.3 is 5.97 Å². The van der Waals surface area contributed by atoms with E-state index in [0.29, 0.717) is 19.4 Å². The van der Waals surface area contributed by atoms with Crippen LogP contribution in [0, 0.1) is 5.41 Å². The van der Waals surface area contributed by atoms with Crippen molar-refractivity contribution in [2.45, 2.75) is 19.8 Å². The standard InChI is InChI=1S/C12H14ClNO4/c1-12(11(16)17)4-2-5-14(7-12)10(15)8-3-6-18-9(8)13/h3,6H,2,4-5,7H2,1H3,(H,16,17). The average Bonchev–Trinajstić information content (AvgIpc) is 2.74. The molecule has 0 saturated carbocycles. The van der Waals surface area contributed by atoms with E-state index in [2.05, 4.69) is 0 Å². The second-order valence-electron chi connectivity index (χ2n) is 4.80. The molecule has 18 heavy (non-hydrogen) atoms. The molecule has 0 aromatic carbocycles. The van der Waals surface area contributed by atoms with Crippen LogP contribution in [0.1, 0.15) is 30.1 Å². The van der Waals surface area contributed by atoms with Crippen LogP contribution in [0.25, 0.3) is 0 Å². The van der Waals surface area contributed by atoms with Gasteiger partial charge in [-0.05, 0) is 37.4 Å². The summed E-state index contributed by atoms with van der Waals surface area (Å²) in [7, 11) is 0. The highest BCUT2D eigenvalue weighted by molar-refractivity contribution is 6.32. The zero-order valence-corrected chi connectivity index (χ0v) is 10.7. The van der Waals surface area contributed by atoms with Crippen molar-refractivity contribution in [3.05, 3.63) is 23.1 Å². The van der Waals surface area contributed by atoms with Gasteiger partial charge in [0.1, 0.15) is 0 Å². The van der Waals surface area contributed by atoms with E-state index in [-0.39, 0.29) is 23.2 Å². The predicted octanol–water partition coefficient (Wildman–Crippen LogP) is 2.26. The van der Waals surface area contributed by atoms with Crippen molar-refractivity contribution in [2.75, 3.05) is 13.1 Å². The van der Waals surface area contributed by atoms with Crippen LogP contribution in [0.2, 0.25) is 5.22 Å². The molecule has 1 N–H and O–H groups in total. The highest BCUT2D eigenvalue weighted by atomic mass is 35.5. The van der Waals surface area contributed by atoms with E-state index < -0.39 is 11.4 Å². The molecule has 1 unspecified atom stereocenters. The van der Waals surface area contributed by atoms with Gasteiger partial charge < -0.3 is 14.4 Å². The van der Waals surface area contributed by atoms with E-state index in [1.54, 1.807) is 6.92 Å². The molecule has 1 amide bonds. The summed E-state index contributed by atoms with van der Waals surface area (Å²) in [6.07, 6.45) is 2.59. The van der Waals surface area contributed by atoms with Crippen LogP contribution in [-0.2, 0) is 4.79 Å². The Hall–Kier alpha value is -1.49. The first-order chi connectivity index (χ1) is 8.44. The molecule has 0 bridgehead atoms. The second-order valence-corrected chi connectivity index (χ2v) is 5.15. The zero-order valence-electron chi connectivity index (χ0n) is 9.98. The summed E-state index contributed by atoms with van der Waals surface area (Å²) in [6, 6.07) is 1.50. The molecule has 1 aliphatic rings. The smallest absolute Gasteiger partial charge is 0.311 e. The van der Waals surface area contributed by atoms with Gasteiger partial charge in [0.2, 0.25) is 5.22 Å². The van der Waals surface area contributed by atoms with Crippen LogP contribution < -0.4 is 0 Å². The summed E-state index contributed by atoms with van der Waals surface area (Å²) in [5.41, 5.74) is -0.601. The Balaban J connectivity index is 2.17. The first kappa shape index (κ1) is 13.0. The number of carbonyl (C=O) groups excluding carboxylic acids is 1. The van der Waals surface area contributed by atoms with E-state index in [1.165, 1.54) is 17.2 Å². The van der Waals surface area contributed by atoms with E-state index in [4.69, 9.17) is 16.0 Å². The third-order valence-corrected chi connectivity index (χ3v) is 3.64. The molecule has 1 fully saturated rings. The summed E-state index contributed by atoms with van der Waals surface area (Å²) in [5.74, 6) is -1.15. The van der Waals surface area contributed by atoms with E-state index in [9.17, 15) is 14.7 Å². The molecule has 5 nitrogen and oxygen atoms in total. The number of carbonyl (C=O) groups is 2. The number of hydrogen-bond acceptors (Lipinski definition) is 3. The minimum atomic E-state index is -0.885. The Bertz CT molecular complexity index is 484. The number of halogens is 1. The van der Waals surface area contributed by atoms with Gasteiger partial charge in [0.25, 0.3) is 5.91 Å². The number of carboxylic acid groups (broad SMARTS) is 1. The minimum absolute atomic E-state index is 0.0441. The molecule has 6 heteroatoms. The number of furan rings is 1. The van der Waals surface area contributed by atoms with E-state index in [0.717, 1.165) is 0 Å². The zero-order chi connectivity index (χ0) is 13.3. The summed E-state index contributed by atoms with van der Waals surface area (Å²) in [6.45, 7) is 2.40.